The molecule has 0 spiro atoms. The van der Waals surface area contributed by atoms with E-state index in [4.69, 9.17) is 9.84 Å². The van der Waals surface area contributed by atoms with Crippen molar-refractivity contribution < 1.29 is 18.3 Å². The van der Waals surface area contributed by atoms with E-state index < -0.39 is 10.0 Å². The van der Waals surface area contributed by atoms with Crippen LogP contribution in [0, 0.1) is 6.92 Å². The average molecular weight is 307 g/mol. The van der Waals surface area contributed by atoms with Gasteiger partial charge in [0.15, 0.2) is 0 Å². The topological polar surface area (TPSA) is 75.6 Å². The van der Waals surface area contributed by atoms with Crippen LogP contribution in [-0.4, -0.2) is 20.6 Å². The molecule has 0 fully saturated rings. The number of anilines is 1. The zero-order valence-corrected chi connectivity index (χ0v) is 12.6. The van der Waals surface area contributed by atoms with E-state index in [0.29, 0.717) is 11.3 Å². The maximum absolute atomic E-state index is 12.4. The number of hydrogen-bond acceptors (Lipinski definition) is 4. The Bertz CT molecular complexity index is 724. The van der Waals surface area contributed by atoms with Gasteiger partial charge in [-0.25, -0.2) is 8.42 Å². The Hall–Kier alpha value is -2.05. The van der Waals surface area contributed by atoms with E-state index in [1.165, 1.54) is 19.2 Å². The van der Waals surface area contributed by atoms with Crippen molar-refractivity contribution in [3.8, 4) is 5.75 Å². The molecule has 112 valence electrons. The monoisotopic (exact) mass is 307 g/mol. The number of ether oxygens (including phenoxy) is 1. The zero-order valence-electron chi connectivity index (χ0n) is 11.8. The highest BCUT2D eigenvalue weighted by molar-refractivity contribution is 7.92. The molecule has 0 saturated heterocycles. The third kappa shape index (κ3) is 3.53. The Labute approximate surface area is 124 Å². The lowest BCUT2D eigenvalue weighted by Crippen LogP contribution is -2.14. The van der Waals surface area contributed by atoms with Gasteiger partial charge in [-0.1, -0.05) is 23.8 Å². The third-order valence-corrected chi connectivity index (χ3v) is 4.42. The number of nitrogens with one attached hydrogen (secondary N) is 1. The van der Waals surface area contributed by atoms with E-state index in [2.05, 4.69) is 4.72 Å². The second kappa shape index (κ2) is 6.15. The molecule has 0 atom stereocenters. The van der Waals surface area contributed by atoms with Crippen molar-refractivity contribution in [2.45, 2.75) is 18.4 Å². The Morgan fingerprint density at radius 3 is 2.38 bits per heavy atom. The fourth-order valence-electron chi connectivity index (χ4n) is 1.86. The van der Waals surface area contributed by atoms with Crippen molar-refractivity contribution in [1.29, 1.82) is 0 Å². The Kier molecular flexibility index (Phi) is 4.50. The first-order valence-corrected chi connectivity index (χ1v) is 7.82. The van der Waals surface area contributed by atoms with E-state index in [1.54, 1.807) is 18.2 Å². The van der Waals surface area contributed by atoms with E-state index in [1.807, 2.05) is 19.1 Å². The summed E-state index contributed by atoms with van der Waals surface area (Å²) in [4.78, 5) is 0.0303. The molecule has 2 rings (SSSR count). The summed E-state index contributed by atoms with van der Waals surface area (Å²) in [7, 11) is -2.36. The molecule has 6 heteroatoms. The molecule has 0 radical (unpaired) electrons. The first kappa shape index (κ1) is 15.3. The zero-order chi connectivity index (χ0) is 15.5. The van der Waals surface area contributed by atoms with Gasteiger partial charge in [-0.3, -0.25) is 4.72 Å². The number of rotatable bonds is 5. The molecule has 2 N–H and O–H groups in total. The second-order valence-electron chi connectivity index (χ2n) is 4.61. The van der Waals surface area contributed by atoms with Crippen molar-refractivity contribution in [3.63, 3.8) is 0 Å². The smallest absolute Gasteiger partial charge is 0.265 e. The summed E-state index contributed by atoms with van der Waals surface area (Å²) in [5.74, 6) is 0.196. The molecule has 0 unspecified atom stereocenters. The highest BCUT2D eigenvalue weighted by Crippen LogP contribution is 2.27. The van der Waals surface area contributed by atoms with Crippen LogP contribution < -0.4 is 9.46 Å². The minimum Gasteiger partial charge on any atom is -0.495 e. The lowest BCUT2D eigenvalue weighted by Gasteiger charge is -2.12. The largest absolute Gasteiger partial charge is 0.495 e. The summed E-state index contributed by atoms with van der Waals surface area (Å²) >= 11 is 0. The van der Waals surface area contributed by atoms with Gasteiger partial charge in [0, 0.05) is 5.69 Å². The molecule has 0 aliphatic rings. The predicted molar refractivity (Wildman–Crippen MR) is 80.9 cm³/mol. The molecule has 0 aromatic heterocycles. The van der Waals surface area contributed by atoms with Crippen LogP contribution in [0.5, 0.6) is 5.75 Å². The van der Waals surface area contributed by atoms with Crippen LogP contribution in [0.4, 0.5) is 5.69 Å². The maximum atomic E-state index is 12.4. The number of benzene rings is 2. The number of aliphatic hydroxyl groups is 1. The normalized spacial score (nSPS) is 11.2. The SMILES string of the molecule is COc1cc(CO)ccc1S(=O)(=O)Nc1ccc(C)cc1. The predicted octanol–water partition coefficient (Wildman–Crippen LogP) is 2.30. The van der Waals surface area contributed by atoms with Gasteiger partial charge in [-0.2, -0.15) is 0 Å². The highest BCUT2D eigenvalue weighted by Gasteiger charge is 2.19. The van der Waals surface area contributed by atoms with Crippen molar-refractivity contribution in [2.24, 2.45) is 0 Å². The van der Waals surface area contributed by atoms with Crippen molar-refractivity contribution >= 4 is 15.7 Å². The standard InChI is InChI=1S/C15H17NO4S/c1-11-3-6-13(7-4-11)16-21(18,19)15-8-5-12(10-17)9-14(15)20-2/h3-9,16-17H,10H2,1-2H3. The van der Waals surface area contributed by atoms with Gasteiger partial charge in [0.25, 0.3) is 10.0 Å². The highest BCUT2D eigenvalue weighted by atomic mass is 32.2. The molecule has 2 aromatic carbocycles. The molecule has 0 bridgehead atoms. The molecule has 0 heterocycles. The van der Waals surface area contributed by atoms with Gasteiger partial charge in [0.1, 0.15) is 10.6 Å². The quantitative estimate of drug-likeness (QED) is 0.888. The third-order valence-electron chi connectivity index (χ3n) is 3.00. The fourth-order valence-corrected chi connectivity index (χ4v) is 3.07. The van der Waals surface area contributed by atoms with Gasteiger partial charge in [-0.15, -0.1) is 0 Å². The van der Waals surface area contributed by atoms with Crippen LogP contribution in [0.3, 0.4) is 0 Å². The molecule has 0 amide bonds. The van der Waals surface area contributed by atoms with Crippen molar-refractivity contribution in [2.75, 3.05) is 11.8 Å². The molecule has 2 aromatic rings. The van der Waals surface area contributed by atoms with Crippen LogP contribution in [0.25, 0.3) is 0 Å². The first-order valence-electron chi connectivity index (χ1n) is 6.33. The molecule has 0 saturated carbocycles. The van der Waals surface area contributed by atoms with Gasteiger partial charge in [0.2, 0.25) is 0 Å². The first-order chi connectivity index (χ1) is 9.96. The van der Waals surface area contributed by atoms with Crippen molar-refractivity contribution in [3.05, 3.63) is 53.6 Å². The molecule has 21 heavy (non-hydrogen) atoms. The summed E-state index contributed by atoms with van der Waals surface area (Å²) in [5.41, 5.74) is 2.11. The minimum absolute atomic E-state index is 0.0303. The van der Waals surface area contributed by atoms with Crippen LogP contribution in [0.2, 0.25) is 0 Å². The molecule has 0 aliphatic carbocycles. The Balaban J connectivity index is 2.37. The van der Waals surface area contributed by atoms with Crippen LogP contribution in [0.15, 0.2) is 47.4 Å². The number of aryl methyl sites for hydroxylation is 1. The van der Waals surface area contributed by atoms with Gasteiger partial charge >= 0.3 is 0 Å². The Morgan fingerprint density at radius 1 is 1.14 bits per heavy atom. The molecular weight excluding hydrogens is 290 g/mol. The maximum Gasteiger partial charge on any atom is 0.265 e. The summed E-state index contributed by atoms with van der Waals surface area (Å²) in [6.45, 7) is 1.75. The van der Waals surface area contributed by atoms with E-state index >= 15 is 0 Å². The lowest BCUT2D eigenvalue weighted by molar-refractivity contribution is 0.280. The molecule has 0 aliphatic heterocycles. The number of hydrogen-bond donors (Lipinski definition) is 2. The van der Waals surface area contributed by atoms with Crippen molar-refractivity contribution in [1.82, 2.24) is 0 Å². The fraction of sp³-hybridized carbons (Fsp3) is 0.200. The summed E-state index contributed by atoms with van der Waals surface area (Å²) < 4.78 is 32.4. The van der Waals surface area contributed by atoms with Crippen LogP contribution in [0.1, 0.15) is 11.1 Å². The number of sulfonamides is 1. The van der Waals surface area contributed by atoms with E-state index in [9.17, 15) is 8.42 Å². The van der Waals surface area contributed by atoms with Gasteiger partial charge in [-0.05, 0) is 36.8 Å². The van der Waals surface area contributed by atoms with E-state index in [0.717, 1.165) is 5.56 Å². The van der Waals surface area contributed by atoms with Gasteiger partial charge in [0.05, 0.1) is 13.7 Å². The van der Waals surface area contributed by atoms with Crippen LogP contribution >= 0.6 is 0 Å². The Morgan fingerprint density at radius 2 is 1.81 bits per heavy atom. The molecule has 5 nitrogen and oxygen atoms in total. The lowest BCUT2D eigenvalue weighted by atomic mass is 10.2. The molecular formula is C15H17NO4S. The average Bonchev–Trinajstić information content (AvgIpc) is 2.48. The summed E-state index contributed by atoms with van der Waals surface area (Å²) in [5, 5.41) is 9.09. The second-order valence-corrected chi connectivity index (χ2v) is 6.27. The number of aliphatic hydroxyl groups excluding tert-OH is 1. The van der Waals surface area contributed by atoms with E-state index in [-0.39, 0.29) is 17.3 Å². The van der Waals surface area contributed by atoms with Gasteiger partial charge < -0.3 is 9.84 Å². The minimum atomic E-state index is -3.75. The number of methoxy groups -OCH3 is 1. The summed E-state index contributed by atoms with van der Waals surface area (Å²) in [6.07, 6.45) is 0. The van der Waals surface area contributed by atoms with Crippen LogP contribution in [-0.2, 0) is 16.6 Å². The summed E-state index contributed by atoms with van der Waals surface area (Å²) in [6, 6.07) is 11.5.